The summed E-state index contributed by atoms with van der Waals surface area (Å²) in [6, 6.07) is 0.485. The molecule has 1 fully saturated rings. The number of nitrogens with two attached hydrogens (primary N) is 1. The van der Waals surface area contributed by atoms with Crippen molar-refractivity contribution in [3.05, 3.63) is 12.2 Å². The van der Waals surface area contributed by atoms with E-state index < -0.39 is 0 Å². The van der Waals surface area contributed by atoms with Gasteiger partial charge in [-0.3, -0.25) is 0 Å². The summed E-state index contributed by atoms with van der Waals surface area (Å²) in [7, 11) is 0. The van der Waals surface area contributed by atoms with Gasteiger partial charge in [-0.05, 0) is 56.3 Å². The predicted molar refractivity (Wildman–Crippen MR) is 61.0 cm³/mol. The van der Waals surface area contributed by atoms with Gasteiger partial charge in [0.05, 0.1) is 0 Å². The SMILES string of the molecule is CC1(CC2CC=CCC2)CCC(N)C1. The highest BCUT2D eigenvalue weighted by molar-refractivity contribution is 4.94. The highest BCUT2D eigenvalue weighted by Crippen LogP contribution is 2.44. The summed E-state index contributed by atoms with van der Waals surface area (Å²) in [5, 5.41) is 0. The fourth-order valence-electron chi connectivity index (χ4n) is 3.29. The first-order valence-corrected chi connectivity index (χ1v) is 6.09. The van der Waals surface area contributed by atoms with E-state index in [0.29, 0.717) is 11.5 Å². The van der Waals surface area contributed by atoms with Gasteiger partial charge in [0.25, 0.3) is 0 Å². The molecular formula is C13H23N. The average molecular weight is 193 g/mol. The minimum absolute atomic E-state index is 0.485. The van der Waals surface area contributed by atoms with Gasteiger partial charge in [-0.25, -0.2) is 0 Å². The van der Waals surface area contributed by atoms with Crippen molar-refractivity contribution < 1.29 is 0 Å². The molecule has 2 N–H and O–H groups in total. The maximum atomic E-state index is 6.00. The fraction of sp³-hybridized carbons (Fsp3) is 0.846. The third-order valence-corrected chi connectivity index (χ3v) is 4.03. The molecule has 0 amide bonds. The van der Waals surface area contributed by atoms with Crippen molar-refractivity contribution in [2.45, 2.75) is 57.9 Å². The maximum absolute atomic E-state index is 6.00. The van der Waals surface area contributed by atoms with Crippen molar-refractivity contribution in [3.63, 3.8) is 0 Å². The van der Waals surface area contributed by atoms with Gasteiger partial charge in [0.2, 0.25) is 0 Å². The zero-order chi connectivity index (χ0) is 10.0. The molecule has 2 aliphatic rings. The Morgan fingerprint density at radius 1 is 1.36 bits per heavy atom. The van der Waals surface area contributed by atoms with Crippen molar-refractivity contribution in [3.8, 4) is 0 Å². The third-order valence-electron chi connectivity index (χ3n) is 4.03. The number of hydrogen-bond donors (Lipinski definition) is 1. The summed E-state index contributed by atoms with van der Waals surface area (Å²) in [4.78, 5) is 0. The van der Waals surface area contributed by atoms with Crippen molar-refractivity contribution in [2.75, 3.05) is 0 Å². The molecule has 0 aliphatic heterocycles. The van der Waals surface area contributed by atoms with E-state index in [0.717, 1.165) is 5.92 Å². The first-order chi connectivity index (χ1) is 6.68. The van der Waals surface area contributed by atoms with Gasteiger partial charge in [0.15, 0.2) is 0 Å². The Morgan fingerprint density at radius 3 is 2.79 bits per heavy atom. The lowest BCUT2D eigenvalue weighted by atomic mass is 9.76. The van der Waals surface area contributed by atoms with Gasteiger partial charge in [-0.2, -0.15) is 0 Å². The molecule has 0 spiro atoms. The first kappa shape index (κ1) is 10.2. The molecule has 3 atom stereocenters. The summed E-state index contributed by atoms with van der Waals surface area (Å²) < 4.78 is 0. The van der Waals surface area contributed by atoms with Crippen molar-refractivity contribution in [1.82, 2.24) is 0 Å². The Bertz CT molecular complexity index is 221. The van der Waals surface area contributed by atoms with E-state index in [4.69, 9.17) is 5.73 Å². The van der Waals surface area contributed by atoms with Crippen LogP contribution in [0, 0.1) is 11.3 Å². The second kappa shape index (κ2) is 4.06. The van der Waals surface area contributed by atoms with Crippen LogP contribution in [0.25, 0.3) is 0 Å². The molecule has 0 heterocycles. The lowest BCUT2D eigenvalue weighted by molar-refractivity contribution is 0.233. The van der Waals surface area contributed by atoms with Crippen molar-refractivity contribution >= 4 is 0 Å². The molecule has 2 rings (SSSR count). The summed E-state index contributed by atoms with van der Waals surface area (Å²) in [5.74, 6) is 0.940. The van der Waals surface area contributed by atoms with Crippen molar-refractivity contribution in [2.24, 2.45) is 17.1 Å². The molecule has 1 nitrogen and oxygen atoms in total. The van der Waals surface area contributed by atoms with E-state index in [-0.39, 0.29) is 0 Å². The van der Waals surface area contributed by atoms with Gasteiger partial charge < -0.3 is 5.73 Å². The molecule has 0 radical (unpaired) electrons. The molecule has 0 bridgehead atoms. The fourth-order valence-corrected chi connectivity index (χ4v) is 3.29. The van der Waals surface area contributed by atoms with Gasteiger partial charge in [0.1, 0.15) is 0 Å². The van der Waals surface area contributed by atoms with Crippen LogP contribution in [0.5, 0.6) is 0 Å². The van der Waals surface area contributed by atoms with Crippen LogP contribution < -0.4 is 5.73 Å². The number of rotatable bonds is 2. The monoisotopic (exact) mass is 193 g/mol. The molecule has 1 heteroatoms. The quantitative estimate of drug-likeness (QED) is 0.669. The molecule has 0 saturated heterocycles. The topological polar surface area (TPSA) is 26.0 Å². The van der Waals surface area contributed by atoms with E-state index >= 15 is 0 Å². The third kappa shape index (κ3) is 2.38. The highest BCUT2D eigenvalue weighted by atomic mass is 14.7. The summed E-state index contributed by atoms with van der Waals surface area (Å²) in [5.41, 5.74) is 6.57. The van der Waals surface area contributed by atoms with Crippen LogP contribution >= 0.6 is 0 Å². The molecule has 3 unspecified atom stereocenters. The lowest BCUT2D eigenvalue weighted by Crippen LogP contribution is -2.22. The normalized spacial score (nSPS) is 43.0. The lowest BCUT2D eigenvalue weighted by Gasteiger charge is -2.30. The zero-order valence-corrected chi connectivity index (χ0v) is 9.34. The first-order valence-electron chi connectivity index (χ1n) is 6.09. The molecule has 2 aliphatic carbocycles. The Morgan fingerprint density at radius 2 is 2.21 bits per heavy atom. The molecule has 1 saturated carbocycles. The van der Waals surface area contributed by atoms with Gasteiger partial charge in [-0.1, -0.05) is 19.1 Å². The van der Waals surface area contributed by atoms with Gasteiger partial charge in [0, 0.05) is 6.04 Å². The van der Waals surface area contributed by atoms with E-state index in [1.807, 2.05) is 0 Å². The smallest absolute Gasteiger partial charge is 0.00442 e. The van der Waals surface area contributed by atoms with Gasteiger partial charge in [-0.15, -0.1) is 0 Å². The van der Waals surface area contributed by atoms with Crippen LogP contribution in [0.3, 0.4) is 0 Å². The minimum Gasteiger partial charge on any atom is -0.328 e. The van der Waals surface area contributed by atoms with Crippen LogP contribution in [0.4, 0.5) is 0 Å². The molecule has 14 heavy (non-hydrogen) atoms. The number of allylic oxidation sites excluding steroid dienone is 2. The second-order valence-electron chi connectivity index (χ2n) is 5.67. The van der Waals surface area contributed by atoms with Crippen LogP contribution in [-0.2, 0) is 0 Å². The predicted octanol–water partition coefficient (Wildman–Crippen LogP) is 3.25. The molecular weight excluding hydrogens is 170 g/mol. The maximum Gasteiger partial charge on any atom is 0.00442 e. The molecule has 0 aromatic carbocycles. The van der Waals surface area contributed by atoms with Crippen LogP contribution in [0.15, 0.2) is 12.2 Å². The highest BCUT2D eigenvalue weighted by Gasteiger charge is 2.35. The van der Waals surface area contributed by atoms with Gasteiger partial charge >= 0.3 is 0 Å². The second-order valence-corrected chi connectivity index (χ2v) is 5.67. The van der Waals surface area contributed by atoms with E-state index in [1.165, 1.54) is 44.9 Å². The average Bonchev–Trinajstić information content (AvgIpc) is 2.47. The molecule has 0 aromatic heterocycles. The standard InChI is InChI=1S/C13H23N/c1-13(8-7-12(14)10-13)9-11-5-3-2-4-6-11/h2-3,11-12H,4-10,14H2,1H3. The Kier molecular flexibility index (Phi) is 2.96. The Hall–Kier alpha value is -0.300. The van der Waals surface area contributed by atoms with Crippen LogP contribution in [0.1, 0.15) is 51.9 Å². The minimum atomic E-state index is 0.485. The summed E-state index contributed by atoms with van der Waals surface area (Å²) >= 11 is 0. The van der Waals surface area contributed by atoms with E-state index in [9.17, 15) is 0 Å². The van der Waals surface area contributed by atoms with Crippen molar-refractivity contribution in [1.29, 1.82) is 0 Å². The van der Waals surface area contributed by atoms with Crippen LogP contribution in [0.2, 0.25) is 0 Å². The Labute approximate surface area is 87.8 Å². The summed E-state index contributed by atoms with van der Waals surface area (Å²) in [6.07, 6.45) is 14.0. The Balaban J connectivity index is 1.87. The zero-order valence-electron chi connectivity index (χ0n) is 9.34. The van der Waals surface area contributed by atoms with E-state index in [2.05, 4.69) is 19.1 Å². The van der Waals surface area contributed by atoms with E-state index in [1.54, 1.807) is 0 Å². The summed E-state index contributed by atoms with van der Waals surface area (Å²) in [6.45, 7) is 2.44. The molecule has 80 valence electrons. The molecule has 0 aromatic rings. The van der Waals surface area contributed by atoms with Crippen LogP contribution in [-0.4, -0.2) is 6.04 Å². The largest absolute Gasteiger partial charge is 0.328 e. The number of hydrogen-bond acceptors (Lipinski definition) is 1.